The molecule has 3 aromatic rings. The summed E-state index contributed by atoms with van der Waals surface area (Å²) in [6.45, 7) is 6.09. The Morgan fingerprint density at radius 2 is 1.52 bits per heavy atom. The lowest BCUT2D eigenvalue weighted by Gasteiger charge is -2.32. The second-order valence-corrected chi connectivity index (χ2v) is 11.6. The molecule has 40 heavy (non-hydrogen) atoms. The van der Waals surface area contributed by atoms with E-state index in [2.05, 4.69) is 5.32 Å². The standard InChI is InChI=1S/C29H32F3N3O4S/c1-20(2)33-28(37)22(4)34(18-23-15-13-21(3)14-16-23)27(36)19-35(40(38,39)26-11-6-5-7-12-26)25-10-8-9-24(17-25)29(30,31)32/h5-17,20,22H,18-19H2,1-4H3,(H,33,37)/t22-/m0/s1. The Bertz CT molecular complexity index is 1430. The van der Waals surface area contributed by atoms with E-state index in [1.165, 1.54) is 42.2 Å². The molecule has 0 aromatic heterocycles. The van der Waals surface area contributed by atoms with E-state index >= 15 is 0 Å². The lowest BCUT2D eigenvalue weighted by Crippen LogP contribution is -2.52. The minimum absolute atomic E-state index is 0.0202. The van der Waals surface area contributed by atoms with E-state index < -0.39 is 46.2 Å². The number of amides is 2. The van der Waals surface area contributed by atoms with E-state index in [-0.39, 0.29) is 23.2 Å². The zero-order valence-electron chi connectivity index (χ0n) is 22.6. The Morgan fingerprint density at radius 3 is 2.10 bits per heavy atom. The number of carbonyl (C=O) groups excluding carboxylic acids is 2. The summed E-state index contributed by atoms with van der Waals surface area (Å²) < 4.78 is 68.6. The number of nitrogens with zero attached hydrogens (tertiary/aromatic N) is 2. The van der Waals surface area contributed by atoms with Gasteiger partial charge in [0.25, 0.3) is 10.0 Å². The molecule has 3 rings (SSSR count). The summed E-state index contributed by atoms with van der Waals surface area (Å²) in [7, 11) is -4.47. The summed E-state index contributed by atoms with van der Waals surface area (Å²) in [5.41, 5.74) is 0.282. The minimum atomic E-state index is -4.73. The molecule has 0 saturated heterocycles. The number of hydrogen-bond acceptors (Lipinski definition) is 4. The van der Waals surface area contributed by atoms with Crippen molar-refractivity contribution in [2.45, 2.75) is 57.4 Å². The van der Waals surface area contributed by atoms with Crippen LogP contribution < -0.4 is 9.62 Å². The SMILES string of the molecule is Cc1ccc(CN(C(=O)CN(c2cccc(C(F)(F)F)c2)S(=O)(=O)c2ccccc2)[C@@H](C)C(=O)NC(C)C)cc1. The summed E-state index contributed by atoms with van der Waals surface area (Å²) in [6.07, 6.45) is -4.73. The number of nitrogens with one attached hydrogen (secondary N) is 1. The van der Waals surface area contributed by atoms with Crippen molar-refractivity contribution in [2.75, 3.05) is 10.8 Å². The maximum atomic E-state index is 13.8. The van der Waals surface area contributed by atoms with E-state index in [9.17, 15) is 31.2 Å². The van der Waals surface area contributed by atoms with Crippen molar-refractivity contribution in [2.24, 2.45) is 0 Å². The molecule has 0 aliphatic carbocycles. The van der Waals surface area contributed by atoms with Crippen molar-refractivity contribution >= 4 is 27.5 Å². The number of rotatable bonds is 10. The third-order valence-electron chi connectivity index (χ3n) is 6.14. The zero-order chi connectivity index (χ0) is 29.7. The number of aryl methyl sites for hydroxylation is 1. The highest BCUT2D eigenvalue weighted by atomic mass is 32.2. The van der Waals surface area contributed by atoms with Gasteiger partial charge in [0.2, 0.25) is 11.8 Å². The Hall–Kier alpha value is -3.86. The van der Waals surface area contributed by atoms with Gasteiger partial charge in [-0.15, -0.1) is 0 Å². The normalized spacial score (nSPS) is 12.6. The van der Waals surface area contributed by atoms with Crippen molar-refractivity contribution in [3.63, 3.8) is 0 Å². The predicted octanol–water partition coefficient (Wildman–Crippen LogP) is 5.15. The summed E-state index contributed by atoms with van der Waals surface area (Å²) in [5.74, 6) is -1.21. The number of sulfonamides is 1. The van der Waals surface area contributed by atoms with Crippen LogP contribution in [0.4, 0.5) is 18.9 Å². The van der Waals surface area contributed by atoms with Crippen LogP contribution in [0.2, 0.25) is 0 Å². The van der Waals surface area contributed by atoms with Gasteiger partial charge in [0, 0.05) is 12.6 Å². The van der Waals surface area contributed by atoms with Crippen LogP contribution in [0.15, 0.2) is 83.8 Å². The summed E-state index contributed by atoms with van der Waals surface area (Å²) in [5, 5.41) is 2.75. The molecule has 0 spiro atoms. The molecule has 1 N–H and O–H groups in total. The van der Waals surface area contributed by atoms with Gasteiger partial charge < -0.3 is 10.2 Å². The molecule has 7 nitrogen and oxygen atoms in total. The second kappa shape index (κ2) is 12.5. The highest BCUT2D eigenvalue weighted by Crippen LogP contribution is 2.33. The van der Waals surface area contributed by atoms with Crippen molar-refractivity contribution < 1.29 is 31.2 Å². The fourth-order valence-corrected chi connectivity index (χ4v) is 5.39. The van der Waals surface area contributed by atoms with Gasteiger partial charge in [0.05, 0.1) is 16.1 Å². The first-order valence-corrected chi connectivity index (χ1v) is 14.0. The van der Waals surface area contributed by atoms with E-state index in [4.69, 9.17) is 0 Å². The highest BCUT2D eigenvalue weighted by Gasteiger charge is 2.35. The van der Waals surface area contributed by atoms with Crippen molar-refractivity contribution in [1.82, 2.24) is 10.2 Å². The Kier molecular flexibility index (Phi) is 9.62. The smallest absolute Gasteiger partial charge is 0.352 e. The monoisotopic (exact) mass is 575 g/mol. The van der Waals surface area contributed by atoms with Crippen molar-refractivity contribution in [3.05, 3.63) is 95.6 Å². The molecule has 0 fully saturated rings. The van der Waals surface area contributed by atoms with Gasteiger partial charge in [0.1, 0.15) is 12.6 Å². The number of anilines is 1. The number of carbonyl (C=O) groups is 2. The van der Waals surface area contributed by atoms with Crippen LogP contribution in [-0.2, 0) is 32.3 Å². The fraction of sp³-hybridized carbons (Fsp3) is 0.310. The maximum absolute atomic E-state index is 13.8. The molecule has 214 valence electrons. The van der Waals surface area contributed by atoms with Crippen LogP contribution in [0, 0.1) is 6.92 Å². The van der Waals surface area contributed by atoms with Gasteiger partial charge in [-0.2, -0.15) is 13.2 Å². The first kappa shape index (κ1) is 30.7. The number of hydrogen-bond donors (Lipinski definition) is 1. The van der Waals surface area contributed by atoms with E-state index in [1.807, 2.05) is 19.1 Å². The van der Waals surface area contributed by atoms with Gasteiger partial charge >= 0.3 is 6.18 Å². The summed E-state index contributed by atoms with van der Waals surface area (Å²) >= 11 is 0. The number of alkyl halides is 3. The highest BCUT2D eigenvalue weighted by molar-refractivity contribution is 7.92. The topological polar surface area (TPSA) is 86.8 Å². The average Bonchev–Trinajstić information content (AvgIpc) is 2.90. The average molecular weight is 576 g/mol. The number of halogens is 3. The quantitative estimate of drug-likeness (QED) is 0.362. The van der Waals surface area contributed by atoms with Gasteiger partial charge in [-0.25, -0.2) is 8.42 Å². The molecule has 3 aromatic carbocycles. The van der Waals surface area contributed by atoms with Crippen LogP contribution in [-0.4, -0.2) is 43.8 Å². The molecule has 0 heterocycles. The molecule has 0 bridgehead atoms. The lowest BCUT2D eigenvalue weighted by molar-refractivity contribution is -0.139. The Balaban J connectivity index is 2.07. The maximum Gasteiger partial charge on any atom is 0.416 e. The summed E-state index contributed by atoms with van der Waals surface area (Å²) in [4.78, 5) is 27.7. The largest absolute Gasteiger partial charge is 0.416 e. The van der Waals surface area contributed by atoms with Crippen LogP contribution in [0.1, 0.15) is 37.5 Å². The van der Waals surface area contributed by atoms with Crippen LogP contribution in [0.25, 0.3) is 0 Å². The minimum Gasteiger partial charge on any atom is -0.352 e. The molecule has 1 atom stereocenters. The molecule has 11 heteroatoms. The fourth-order valence-electron chi connectivity index (χ4n) is 3.96. The molecule has 0 aliphatic heterocycles. The zero-order valence-corrected chi connectivity index (χ0v) is 23.5. The van der Waals surface area contributed by atoms with Crippen molar-refractivity contribution in [1.29, 1.82) is 0 Å². The van der Waals surface area contributed by atoms with Crippen molar-refractivity contribution in [3.8, 4) is 0 Å². The molecule has 0 saturated carbocycles. The first-order chi connectivity index (χ1) is 18.7. The Morgan fingerprint density at radius 1 is 0.900 bits per heavy atom. The van der Waals surface area contributed by atoms with Gasteiger partial charge in [-0.05, 0) is 63.6 Å². The van der Waals surface area contributed by atoms with Gasteiger partial charge in [0.15, 0.2) is 0 Å². The lowest BCUT2D eigenvalue weighted by atomic mass is 10.1. The first-order valence-electron chi connectivity index (χ1n) is 12.6. The molecular formula is C29H32F3N3O4S. The van der Waals surface area contributed by atoms with Crippen LogP contribution in [0.5, 0.6) is 0 Å². The Labute approximate surface area is 232 Å². The molecule has 0 radical (unpaired) electrons. The van der Waals surface area contributed by atoms with Crippen LogP contribution in [0.3, 0.4) is 0 Å². The van der Waals surface area contributed by atoms with Gasteiger partial charge in [-0.1, -0.05) is 54.1 Å². The number of benzene rings is 3. The van der Waals surface area contributed by atoms with E-state index in [0.29, 0.717) is 15.9 Å². The van der Waals surface area contributed by atoms with E-state index in [1.54, 1.807) is 32.0 Å². The van der Waals surface area contributed by atoms with Crippen LogP contribution >= 0.6 is 0 Å². The third kappa shape index (κ3) is 7.62. The van der Waals surface area contributed by atoms with Gasteiger partial charge in [-0.3, -0.25) is 13.9 Å². The molecule has 0 unspecified atom stereocenters. The molecular weight excluding hydrogens is 543 g/mol. The molecule has 2 amide bonds. The molecule has 0 aliphatic rings. The second-order valence-electron chi connectivity index (χ2n) is 9.72. The third-order valence-corrected chi connectivity index (χ3v) is 7.93. The predicted molar refractivity (Wildman–Crippen MR) is 147 cm³/mol. The van der Waals surface area contributed by atoms with E-state index in [0.717, 1.165) is 17.7 Å². The summed E-state index contributed by atoms with van der Waals surface area (Å²) in [6, 6.07) is 16.9.